The van der Waals surface area contributed by atoms with E-state index >= 15 is 0 Å². The fourth-order valence-electron chi connectivity index (χ4n) is 3.01. The third kappa shape index (κ3) is 0.481. The van der Waals surface area contributed by atoms with Gasteiger partial charge in [-0.15, -0.1) is 0 Å². The van der Waals surface area contributed by atoms with E-state index in [0.29, 0.717) is 6.04 Å². The number of nitrogens with zero attached hydrogens (tertiary/aromatic N) is 2. The van der Waals surface area contributed by atoms with Gasteiger partial charge in [-0.25, -0.2) is 0 Å². The van der Waals surface area contributed by atoms with Crippen molar-refractivity contribution < 1.29 is 4.70 Å². The fraction of sp³-hybridized carbons (Fsp3) is 0.778. The first-order valence-corrected chi connectivity index (χ1v) is 4.51. The van der Waals surface area contributed by atoms with E-state index < -0.39 is 0 Å². The summed E-state index contributed by atoms with van der Waals surface area (Å²) in [6.07, 6.45) is 8.38. The molecule has 0 radical (unpaired) electrons. The van der Waals surface area contributed by atoms with Gasteiger partial charge >= 0.3 is 0 Å². The van der Waals surface area contributed by atoms with E-state index in [4.69, 9.17) is 0 Å². The molecule has 2 atom stereocenters. The summed E-state index contributed by atoms with van der Waals surface area (Å²) in [6, 6.07) is 0.472. The second-order valence-electron chi connectivity index (χ2n) is 4.06. The van der Waals surface area contributed by atoms with E-state index in [0.717, 1.165) is 6.42 Å². The minimum Gasteiger partial charge on any atom is -0.506 e. The molecule has 2 heteroatoms. The maximum atomic E-state index is 9.63. The van der Waals surface area contributed by atoms with Gasteiger partial charge in [0.05, 0.1) is 6.42 Å². The zero-order valence-electron chi connectivity index (χ0n) is 6.58. The highest BCUT2D eigenvalue weighted by atomic mass is 15.3. The van der Waals surface area contributed by atoms with Crippen LogP contribution in [0.2, 0.25) is 0 Å². The molecule has 3 fully saturated rings. The van der Waals surface area contributed by atoms with Crippen LogP contribution in [0.25, 0.3) is 5.53 Å². The molecule has 0 aromatic heterocycles. The highest BCUT2D eigenvalue weighted by Gasteiger charge is 2.63. The molecule has 58 valence electrons. The molecule has 0 aromatic rings. The van der Waals surface area contributed by atoms with Crippen molar-refractivity contribution in [2.75, 3.05) is 0 Å². The summed E-state index contributed by atoms with van der Waals surface area (Å²) < 4.78 is 1.61. The molecule has 0 amide bonds. The molecule has 2 saturated heterocycles. The minimum atomic E-state index is 0.142. The van der Waals surface area contributed by atoms with Crippen LogP contribution in [0.1, 0.15) is 32.1 Å². The van der Waals surface area contributed by atoms with Crippen molar-refractivity contribution in [2.45, 2.75) is 43.7 Å². The minimum absolute atomic E-state index is 0.142. The van der Waals surface area contributed by atoms with Crippen LogP contribution in [-0.2, 0) is 0 Å². The summed E-state index contributed by atoms with van der Waals surface area (Å²) in [5, 5.41) is 0. The Morgan fingerprint density at radius 1 is 1.64 bits per heavy atom. The average Bonchev–Trinajstić information content (AvgIpc) is 2.55. The van der Waals surface area contributed by atoms with E-state index in [9.17, 15) is 5.53 Å². The van der Waals surface area contributed by atoms with Crippen LogP contribution in [0.3, 0.4) is 0 Å². The quantitative estimate of drug-likeness (QED) is 0.371. The van der Waals surface area contributed by atoms with E-state index in [-0.39, 0.29) is 5.54 Å². The Bertz CT molecular complexity index is 267. The van der Waals surface area contributed by atoms with Crippen LogP contribution in [0.15, 0.2) is 11.6 Å². The van der Waals surface area contributed by atoms with E-state index in [2.05, 4.69) is 6.08 Å². The van der Waals surface area contributed by atoms with E-state index in [1.165, 1.54) is 31.3 Å². The number of hydrogen-bond acceptors (Lipinski definition) is 0. The third-order valence-electron chi connectivity index (χ3n) is 3.60. The van der Waals surface area contributed by atoms with Crippen molar-refractivity contribution in [1.82, 2.24) is 0 Å². The molecule has 2 bridgehead atoms. The lowest BCUT2D eigenvalue weighted by molar-refractivity contribution is -0.695. The van der Waals surface area contributed by atoms with Gasteiger partial charge in [0.2, 0.25) is 0 Å². The lowest BCUT2D eigenvalue weighted by Crippen LogP contribution is -2.52. The maximum Gasteiger partial charge on any atom is 0.179 e. The number of allylic oxidation sites excluding steroid dienone is 1. The zero-order chi connectivity index (χ0) is 7.47. The molecule has 2 unspecified atom stereocenters. The van der Waals surface area contributed by atoms with Crippen LogP contribution in [-0.4, -0.2) is 16.3 Å². The van der Waals surface area contributed by atoms with Crippen LogP contribution in [0.5, 0.6) is 0 Å². The molecule has 0 N–H and O–H groups in total. The van der Waals surface area contributed by atoms with Crippen LogP contribution >= 0.6 is 0 Å². The molecule has 1 spiro atoms. The first-order valence-electron chi connectivity index (χ1n) is 4.51. The number of rotatable bonds is 0. The summed E-state index contributed by atoms with van der Waals surface area (Å²) >= 11 is 0. The largest absolute Gasteiger partial charge is 0.506 e. The summed E-state index contributed by atoms with van der Waals surface area (Å²) in [5.74, 6) is 0. The predicted octanol–water partition coefficient (Wildman–Crippen LogP) is 2.05. The highest BCUT2D eigenvalue weighted by Crippen LogP contribution is 2.54. The summed E-state index contributed by atoms with van der Waals surface area (Å²) in [7, 11) is 0. The molecule has 4 rings (SSSR count). The normalized spacial score (nSPS) is 46.4. The Labute approximate surface area is 66.4 Å². The maximum absolute atomic E-state index is 9.63. The first-order chi connectivity index (χ1) is 5.33. The van der Waals surface area contributed by atoms with Gasteiger partial charge in [0, 0.05) is 18.4 Å². The predicted molar refractivity (Wildman–Crippen MR) is 41.3 cm³/mol. The Morgan fingerprint density at radius 3 is 3.27 bits per heavy atom. The van der Waals surface area contributed by atoms with Crippen molar-refractivity contribution in [3.8, 4) is 0 Å². The van der Waals surface area contributed by atoms with Gasteiger partial charge < -0.3 is 10.2 Å². The van der Waals surface area contributed by atoms with E-state index in [1.54, 1.807) is 4.70 Å². The summed E-state index contributed by atoms with van der Waals surface area (Å²) in [6.45, 7) is 0. The second-order valence-corrected chi connectivity index (χ2v) is 4.06. The van der Waals surface area contributed by atoms with Gasteiger partial charge in [-0.05, 0) is 12.8 Å². The Balaban J connectivity index is 2.13. The molecule has 11 heavy (non-hydrogen) atoms. The van der Waals surface area contributed by atoms with Gasteiger partial charge in [-0.2, -0.15) is 0 Å². The Morgan fingerprint density at radius 2 is 2.55 bits per heavy atom. The zero-order valence-corrected chi connectivity index (χ0v) is 6.58. The van der Waals surface area contributed by atoms with Gasteiger partial charge in [0.25, 0.3) is 0 Å². The van der Waals surface area contributed by atoms with Crippen LogP contribution < -0.4 is 0 Å². The van der Waals surface area contributed by atoms with Gasteiger partial charge in [0.1, 0.15) is 0 Å². The molecule has 2 heterocycles. The lowest BCUT2D eigenvalue weighted by Gasteiger charge is -2.40. The first kappa shape index (κ1) is 5.92. The van der Waals surface area contributed by atoms with Gasteiger partial charge in [-0.1, -0.05) is 6.08 Å². The molecule has 2 aliphatic carbocycles. The second kappa shape index (κ2) is 1.57. The topological polar surface area (TPSA) is 25.3 Å². The van der Waals surface area contributed by atoms with Crippen LogP contribution in [0.4, 0.5) is 0 Å². The van der Waals surface area contributed by atoms with Crippen LogP contribution in [0, 0.1) is 0 Å². The molecule has 1 saturated carbocycles. The SMILES string of the molecule is [N-]=[N+]1C2CC3=CCCCC31C2. The molecular formula is C9H12N2. The standard InChI is InChI=1S/C9H12N2/c10-11-8-5-7-3-1-2-4-9(7,11)6-8/h3,8H,1-2,4-6H2. The Hall–Kier alpha value is -0.660. The smallest absolute Gasteiger partial charge is 0.179 e. The molecular weight excluding hydrogens is 136 g/mol. The Kier molecular flexibility index (Phi) is 0.846. The van der Waals surface area contributed by atoms with E-state index in [1.807, 2.05) is 0 Å². The summed E-state index contributed by atoms with van der Waals surface area (Å²) in [5.41, 5.74) is 11.3. The molecule has 2 aliphatic heterocycles. The summed E-state index contributed by atoms with van der Waals surface area (Å²) in [4.78, 5) is 0. The van der Waals surface area contributed by atoms with Crippen molar-refractivity contribution in [3.05, 3.63) is 17.2 Å². The number of hydrogen-bond donors (Lipinski definition) is 0. The average molecular weight is 148 g/mol. The van der Waals surface area contributed by atoms with Gasteiger partial charge in [0.15, 0.2) is 11.6 Å². The van der Waals surface area contributed by atoms with Gasteiger partial charge in [-0.3, -0.25) is 0 Å². The lowest BCUT2D eigenvalue weighted by atomic mass is 9.79. The van der Waals surface area contributed by atoms with Crippen molar-refractivity contribution in [3.63, 3.8) is 0 Å². The molecule has 4 aliphatic rings. The van der Waals surface area contributed by atoms with Crippen molar-refractivity contribution >= 4 is 0 Å². The highest BCUT2D eigenvalue weighted by molar-refractivity contribution is 5.30. The van der Waals surface area contributed by atoms with Crippen molar-refractivity contribution in [1.29, 1.82) is 0 Å². The van der Waals surface area contributed by atoms with Crippen molar-refractivity contribution in [2.24, 2.45) is 0 Å². The third-order valence-corrected chi connectivity index (χ3v) is 3.60. The fourth-order valence-corrected chi connectivity index (χ4v) is 3.01. The molecule has 2 nitrogen and oxygen atoms in total. The molecule has 0 aromatic carbocycles. The monoisotopic (exact) mass is 148 g/mol.